The molecular weight excluding hydrogens is 371 g/mol. The number of rotatable bonds is 12. The molecule has 0 spiro atoms. The lowest BCUT2D eigenvalue weighted by atomic mass is 9.99. The normalized spacial score (nSPS) is 15.5. The molecular formula is C23H31O4P. The van der Waals surface area contributed by atoms with Crippen molar-refractivity contribution in [1.82, 2.24) is 0 Å². The third-order valence-corrected chi connectivity index (χ3v) is 6.82. The van der Waals surface area contributed by atoms with Gasteiger partial charge in [0.1, 0.15) is 11.9 Å². The van der Waals surface area contributed by atoms with Crippen LogP contribution in [-0.2, 0) is 18.4 Å². The van der Waals surface area contributed by atoms with Crippen LogP contribution in [0.2, 0.25) is 0 Å². The van der Waals surface area contributed by atoms with E-state index in [0.717, 1.165) is 12.8 Å². The van der Waals surface area contributed by atoms with Crippen molar-refractivity contribution < 1.29 is 18.4 Å². The van der Waals surface area contributed by atoms with Crippen molar-refractivity contribution in [1.29, 1.82) is 0 Å². The summed E-state index contributed by atoms with van der Waals surface area (Å²) in [5.74, 6) is 0.380. The van der Waals surface area contributed by atoms with Crippen LogP contribution >= 0.6 is 7.60 Å². The summed E-state index contributed by atoms with van der Waals surface area (Å²) in [5, 5.41) is 0. The van der Waals surface area contributed by atoms with Crippen LogP contribution in [0, 0.1) is 0 Å². The molecule has 0 aromatic heterocycles. The van der Waals surface area contributed by atoms with Gasteiger partial charge in [0.05, 0.1) is 13.2 Å². The molecule has 5 heteroatoms. The summed E-state index contributed by atoms with van der Waals surface area (Å²) in [5.41, 5.74) is 2.43. The smallest absolute Gasteiger partial charge is 0.308 e. The Bertz CT molecular complexity index is 705. The van der Waals surface area contributed by atoms with Crippen LogP contribution in [0.4, 0.5) is 0 Å². The number of carbonyl (C=O) groups excluding carboxylic acids is 1. The van der Waals surface area contributed by atoms with Crippen molar-refractivity contribution in [3.8, 4) is 0 Å². The summed E-state index contributed by atoms with van der Waals surface area (Å²) in [6.45, 7) is 6.23. The first-order chi connectivity index (χ1) is 13.4. The maximum Gasteiger partial charge on any atom is 0.338 e. The van der Waals surface area contributed by atoms with Gasteiger partial charge in [-0.2, -0.15) is 0 Å². The molecule has 2 unspecified atom stereocenters. The molecule has 0 bridgehead atoms. The van der Waals surface area contributed by atoms with Crippen LogP contribution in [0.15, 0.2) is 60.7 Å². The first kappa shape index (κ1) is 22.5. The van der Waals surface area contributed by atoms with Gasteiger partial charge in [0.25, 0.3) is 0 Å². The Labute approximate surface area is 168 Å². The minimum absolute atomic E-state index is 0.174. The van der Waals surface area contributed by atoms with Gasteiger partial charge in [-0.1, -0.05) is 74.5 Å². The maximum absolute atomic E-state index is 13.0. The van der Waals surface area contributed by atoms with Crippen LogP contribution in [0.1, 0.15) is 56.6 Å². The fraction of sp³-hybridized carbons (Fsp3) is 0.435. The second kappa shape index (κ2) is 11.3. The number of hydrogen-bond acceptors (Lipinski definition) is 4. The van der Waals surface area contributed by atoms with Crippen LogP contribution in [-0.4, -0.2) is 25.2 Å². The molecule has 0 radical (unpaired) electrons. The van der Waals surface area contributed by atoms with Gasteiger partial charge < -0.3 is 9.05 Å². The number of carbonyl (C=O) groups is 1. The maximum atomic E-state index is 13.0. The Morgan fingerprint density at radius 1 is 0.821 bits per heavy atom. The Balaban J connectivity index is 1.84. The average molecular weight is 402 g/mol. The molecule has 0 amide bonds. The van der Waals surface area contributed by atoms with Crippen LogP contribution in [0.25, 0.3) is 0 Å². The standard InChI is InChI=1S/C23H31O4P/c1-19(22-10-6-4-7-11-22)14-16-26-28(25,18-21(3)24)27-17-15-20(2)23-12-8-5-9-13-23/h4-13,19-20H,14-18H2,1-3H3. The van der Waals surface area contributed by atoms with Gasteiger partial charge in [0.2, 0.25) is 0 Å². The van der Waals surface area contributed by atoms with E-state index in [2.05, 4.69) is 38.1 Å². The van der Waals surface area contributed by atoms with E-state index in [1.807, 2.05) is 36.4 Å². The second-order valence-corrected chi connectivity index (χ2v) is 9.39. The Morgan fingerprint density at radius 2 is 1.21 bits per heavy atom. The summed E-state index contributed by atoms with van der Waals surface area (Å²) < 4.78 is 24.3. The summed E-state index contributed by atoms with van der Waals surface area (Å²) >= 11 is 0. The van der Waals surface area contributed by atoms with E-state index >= 15 is 0 Å². The van der Waals surface area contributed by atoms with Crippen LogP contribution in [0.5, 0.6) is 0 Å². The van der Waals surface area contributed by atoms with Crippen molar-refractivity contribution in [2.75, 3.05) is 19.4 Å². The van der Waals surface area contributed by atoms with Crippen LogP contribution < -0.4 is 0 Å². The Morgan fingerprint density at radius 3 is 1.57 bits per heavy atom. The van der Waals surface area contributed by atoms with Gasteiger partial charge >= 0.3 is 7.60 Å². The first-order valence-corrected chi connectivity index (χ1v) is 11.6. The predicted molar refractivity (Wildman–Crippen MR) is 114 cm³/mol. The fourth-order valence-electron chi connectivity index (χ4n) is 3.03. The summed E-state index contributed by atoms with van der Waals surface area (Å²) in [6.07, 6.45) is 1.26. The van der Waals surface area contributed by atoms with E-state index in [9.17, 15) is 9.36 Å². The van der Waals surface area contributed by atoms with E-state index in [-0.39, 0.29) is 23.8 Å². The van der Waals surface area contributed by atoms with Crippen molar-refractivity contribution in [3.63, 3.8) is 0 Å². The lowest BCUT2D eigenvalue weighted by Gasteiger charge is -2.20. The van der Waals surface area contributed by atoms with Gasteiger partial charge in [-0.05, 0) is 42.7 Å². The molecule has 152 valence electrons. The number of hydrogen-bond donors (Lipinski definition) is 0. The van der Waals surface area contributed by atoms with Crippen molar-refractivity contribution >= 4 is 13.4 Å². The molecule has 0 N–H and O–H groups in total. The lowest BCUT2D eigenvalue weighted by molar-refractivity contribution is -0.114. The molecule has 2 atom stereocenters. The predicted octanol–water partition coefficient (Wildman–Crippen LogP) is 6.19. The molecule has 4 nitrogen and oxygen atoms in total. The average Bonchev–Trinajstić information content (AvgIpc) is 2.68. The van der Waals surface area contributed by atoms with Crippen molar-refractivity contribution in [2.45, 2.75) is 45.4 Å². The lowest BCUT2D eigenvalue weighted by Crippen LogP contribution is -2.10. The molecule has 2 aromatic carbocycles. The van der Waals surface area contributed by atoms with E-state index in [4.69, 9.17) is 9.05 Å². The fourth-order valence-corrected chi connectivity index (χ4v) is 4.60. The highest BCUT2D eigenvalue weighted by molar-refractivity contribution is 7.54. The zero-order valence-electron chi connectivity index (χ0n) is 17.0. The van der Waals surface area contributed by atoms with Crippen molar-refractivity contribution in [2.24, 2.45) is 0 Å². The highest BCUT2D eigenvalue weighted by Gasteiger charge is 2.27. The van der Waals surface area contributed by atoms with Gasteiger partial charge in [0.15, 0.2) is 0 Å². The Kier molecular flexibility index (Phi) is 9.11. The molecule has 0 fully saturated rings. The highest BCUT2D eigenvalue weighted by Crippen LogP contribution is 2.48. The second-order valence-electron chi connectivity index (χ2n) is 7.34. The van der Waals surface area contributed by atoms with Gasteiger partial charge in [0, 0.05) is 0 Å². The first-order valence-electron chi connectivity index (χ1n) is 9.87. The van der Waals surface area contributed by atoms with E-state index in [1.165, 1.54) is 18.1 Å². The van der Waals surface area contributed by atoms with Gasteiger partial charge in [-0.3, -0.25) is 9.36 Å². The zero-order valence-corrected chi connectivity index (χ0v) is 17.9. The zero-order chi connectivity index (χ0) is 20.4. The number of benzene rings is 2. The van der Waals surface area contributed by atoms with Crippen molar-refractivity contribution in [3.05, 3.63) is 71.8 Å². The third kappa shape index (κ3) is 7.71. The van der Waals surface area contributed by atoms with E-state index < -0.39 is 7.60 Å². The molecule has 2 rings (SSSR count). The summed E-state index contributed by atoms with van der Waals surface area (Å²) in [6, 6.07) is 20.3. The summed E-state index contributed by atoms with van der Waals surface area (Å²) in [7, 11) is -3.42. The SMILES string of the molecule is CC(=O)CP(=O)(OCCC(C)c1ccccc1)OCCC(C)c1ccccc1. The molecule has 0 saturated heterocycles. The molecule has 0 aliphatic heterocycles. The molecule has 0 aliphatic rings. The number of Topliss-reactive ketones (excluding diaryl/α,β-unsaturated/α-hetero) is 1. The molecule has 2 aromatic rings. The minimum atomic E-state index is -3.42. The minimum Gasteiger partial charge on any atom is -0.308 e. The highest BCUT2D eigenvalue weighted by atomic mass is 31.2. The van der Waals surface area contributed by atoms with E-state index in [0.29, 0.717) is 13.2 Å². The Hall–Kier alpha value is -1.74. The van der Waals surface area contributed by atoms with Gasteiger partial charge in [-0.15, -0.1) is 0 Å². The third-order valence-electron chi connectivity index (χ3n) is 4.83. The topological polar surface area (TPSA) is 52.6 Å². The molecule has 0 aliphatic carbocycles. The molecule has 0 heterocycles. The van der Waals surface area contributed by atoms with Crippen LogP contribution in [0.3, 0.4) is 0 Å². The quantitative estimate of drug-likeness (QED) is 0.397. The molecule has 0 saturated carbocycles. The molecule has 28 heavy (non-hydrogen) atoms. The monoisotopic (exact) mass is 402 g/mol. The van der Waals surface area contributed by atoms with E-state index in [1.54, 1.807) is 0 Å². The largest absolute Gasteiger partial charge is 0.338 e. The number of ketones is 1. The van der Waals surface area contributed by atoms with Gasteiger partial charge in [-0.25, -0.2) is 0 Å². The summed E-state index contributed by atoms with van der Waals surface area (Å²) in [4.78, 5) is 11.6.